The summed E-state index contributed by atoms with van der Waals surface area (Å²) in [7, 11) is 1.63. The van der Waals surface area contributed by atoms with Crippen LogP contribution in [0.3, 0.4) is 0 Å². The van der Waals surface area contributed by atoms with E-state index in [9.17, 15) is 0 Å². The Morgan fingerprint density at radius 2 is 1.95 bits per heavy atom. The minimum atomic E-state index is 0.507. The van der Waals surface area contributed by atoms with Crippen LogP contribution in [-0.4, -0.2) is 18.6 Å². The van der Waals surface area contributed by atoms with Crippen LogP contribution in [0.4, 0.5) is 0 Å². The van der Waals surface area contributed by atoms with E-state index >= 15 is 0 Å². The maximum absolute atomic E-state index is 5.04. The van der Waals surface area contributed by atoms with E-state index in [2.05, 4.69) is 41.5 Å². The van der Waals surface area contributed by atoms with E-state index in [4.69, 9.17) is 4.74 Å². The fourth-order valence-corrected chi connectivity index (χ4v) is 1.97. The van der Waals surface area contributed by atoms with Gasteiger partial charge in [0.1, 0.15) is 0 Å². The van der Waals surface area contributed by atoms with E-state index in [1.165, 1.54) is 11.1 Å². The van der Waals surface area contributed by atoms with Gasteiger partial charge in [0.2, 0.25) is 5.88 Å². The highest BCUT2D eigenvalue weighted by Gasteiger charge is 2.04. The van der Waals surface area contributed by atoms with Crippen molar-refractivity contribution in [1.29, 1.82) is 0 Å². The quantitative estimate of drug-likeness (QED) is 0.862. The predicted molar refractivity (Wildman–Crippen MR) is 77.4 cm³/mol. The number of ether oxygens (including phenoxy) is 1. The summed E-state index contributed by atoms with van der Waals surface area (Å²) in [4.78, 5) is 4.19. The van der Waals surface area contributed by atoms with E-state index in [1.807, 2.05) is 24.4 Å². The highest BCUT2D eigenvalue weighted by Crippen LogP contribution is 2.13. The van der Waals surface area contributed by atoms with Crippen LogP contribution in [0.2, 0.25) is 0 Å². The van der Waals surface area contributed by atoms with Gasteiger partial charge in [0, 0.05) is 25.4 Å². The van der Waals surface area contributed by atoms with Crippen LogP contribution < -0.4 is 10.1 Å². The summed E-state index contributed by atoms with van der Waals surface area (Å²) in [5, 5.41) is 3.46. The first kappa shape index (κ1) is 13.6. The molecule has 0 amide bonds. The highest BCUT2D eigenvalue weighted by atomic mass is 16.5. The normalized spacial score (nSPS) is 12.1. The summed E-state index contributed by atoms with van der Waals surface area (Å²) < 4.78 is 5.04. The first-order valence-electron chi connectivity index (χ1n) is 6.54. The molecular formula is C16H20N2O. The summed E-state index contributed by atoms with van der Waals surface area (Å²) >= 11 is 0. The molecule has 0 aliphatic heterocycles. The van der Waals surface area contributed by atoms with Crippen molar-refractivity contribution in [1.82, 2.24) is 10.3 Å². The van der Waals surface area contributed by atoms with Crippen LogP contribution in [-0.2, 0) is 6.54 Å². The highest BCUT2D eigenvalue weighted by molar-refractivity contribution is 5.20. The zero-order chi connectivity index (χ0) is 13.5. The van der Waals surface area contributed by atoms with Crippen molar-refractivity contribution in [3.05, 3.63) is 59.8 Å². The number of nitrogens with zero attached hydrogens (tertiary/aromatic N) is 1. The average Bonchev–Trinajstić information content (AvgIpc) is 2.49. The van der Waals surface area contributed by atoms with Gasteiger partial charge in [-0.25, -0.2) is 4.98 Å². The number of rotatable bonds is 6. The lowest BCUT2D eigenvalue weighted by Crippen LogP contribution is -2.19. The number of hydrogen-bond acceptors (Lipinski definition) is 3. The molecular weight excluding hydrogens is 236 g/mol. The Labute approximate surface area is 114 Å². The van der Waals surface area contributed by atoms with Gasteiger partial charge in [-0.1, -0.05) is 43.3 Å². The van der Waals surface area contributed by atoms with Gasteiger partial charge in [-0.05, 0) is 17.0 Å². The summed E-state index contributed by atoms with van der Waals surface area (Å²) in [5.41, 5.74) is 2.53. The lowest BCUT2D eigenvalue weighted by atomic mass is 10.0. The molecule has 1 atom stereocenters. The fraction of sp³-hybridized carbons (Fsp3) is 0.312. The van der Waals surface area contributed by atoms with Gasteiger partial charge in [0.25, 0.3) is 0 Å². The van der Waals surface area contributed by atoms with E-state index in [0.717, 1.165) is 13.1 Å². The van der Waals surface area contributed by atoms with E-state index in [-0.39, 0.29) is 0 Å². The minimum Gasteiger partial charge on any atom is -0.481 e. The molecule has 19 heavy (non-hydrogen) atoms. The summed E-state index contributed by atoms with van der Waals surface area (Å²) in [5.74, 6) is 1.16. The molecule has 0 saturated carbocycles. The molecule has 1 unspecified atom stereocenters. The van der Waals surface area contributed by atoms with Gasteiger partial charge in [0.05, 0.1) is 7.11 Å². The summed E-state index contributed by atoms with van der Waals surface area (Å²) in [6, 6.07) is 14.5. The molecule has 1 heterocycles. The number of hydrogen-bond donors (Lipinski definition) is 1. The molecule has 1 N–H and O–H groups in total. The molecule has 0 aliphatic rings. The van der Waals surface area contributed by atoms with Crippen LogP contribution >= 0.6 is 0 Å². The van der Waals surface area contributed by atoms with Gasteiger partial charge < -0.3 is 10.1 Å². The van der Waals surface area contributed by atoms with Crippen LogP contribution in [0.1, 0.15) is 24.0 Å². The van der Waals surface area contributed by atoms with Crippen LogP contribution in [0.5, 0.6) is 5.88 Å². The second kappa shape index (κ2) is 6.90. The number of methoxy groups -OCH3 is 1. The van der Waals surface area contributed by atoms with Gasteiger partial charge in [-0.15, -0.1) is 0 Å². The summed E-state index contributed by atoms with van der Waals surface area (Å²) in [6.45, 7) is 4.01. The van der Waals surface area contributed by atoms with Crippen LogP contribution in [0, 0.1) is 0 Å². The zero-order valence-corrected chi connectivity index (χ0v) is 11.5. The summed E-state index contributed by atoms with van der Waals surface area (Å²) in [6.07, 6.45) is 1.85. The van der Waals surface area contributed by atoms with Gasteiger partial charge in [-0.2, -0.15) is 0 Å². The SMILES string of the molecule is COc1ccc(CNCC(C)c2ccccc2)cn1. The average molecular weight is 256 g/mol. The second-order valence-corrected chi connectivity index (χ2v) is 4.65. The van der Waals surface area contributed by atoms with Crippen molar-refractivity contribution in [3.63, 3.8) is 0 Å². The Morgan fingerprint density at radius 1 is 1.16 bits per heavy atom. The van der Waals surface area contributed by atoms with E-state index in [0.29, 0.717) is 11.8 Å². The fourth-order valence-electron chi connectivity index (χ4n) is 1.97. The Hall–Kier alpha value is -1.87. The number of pyridine rings is 1. The van der Waals surface area contributed by atoms with E-state index in [1.54, 1.807) is 7.11 Å². The predicted octanol–water partition coefficient (Wildman–Crippen LogP) is 2.98. The maximum Gasteiger partial charge on any atom is 0.212 e. The first-order chi connectivity index (χ1) is 9.29. The Morgan fingerprint density at radius 3 is 2.58 bits per heavy atom. The van der Waals surface area contributed by atoms with Crippen molar-refractivity contribution < 1.29 is 4.74 Å². The Bertz CT molecular complexity index is 482. The standard InChI is InChI=1S/C16H20N2O/c1-13(15-6-4-3-5-7-15)10-17-11-14-8-9-16(19-2)18-12-14/h3-9,12-13,17H,10-11H2,1-2H3. The third-order valence-corrected chi connectivity index (χ3v) is 3.15. The van der Waals surface area contributed by atoms with Crippen molar-refractivity contribution in [2.45, 2.75) is 19.4 Å². The first-order valence-corrected chi connectivity index (χ1v) is 6.54. The largest absolute Gasteiger partial charge is 0.481 e. The molecule has 0 spiro atoms. The molecule has 1 aromatic heterocycles. The molecule has 2 aromatic rings. The van der Waals surface area contributed by atoms with Gasteiger partial charge in [0.15, 0.2) is 0 Å². The molecule has 0 aliphatic carbocycles. The number of nitrogens with one attached hydrogen (secondary N) is 1. The molecule has 3 heteroatoms. The monoisotopic (exact) mass is 256 g/mol. The smallest absolute Gasteiger partial charge is 0.212 e. The van der Waals surface area contributed by atoms with Crippen LogP contribution in [0.15, 0.2) is 48.7 Å². The van der Waals surface area contributed by atoms with Crippen LogP contribution in [0.25, 0.3) is 0 Å². The third kappa shape index (κ3) is 4.07. The van der Waals surface area contributed by atoms with Gasteiger partial charge >= 0.3 is 0 Å². The molecule has 0 bridgehead atoms. The van der Waals surface area contributed by atoms with Gasteiger partial charge in [-0.3, -0.25) is 0 Å². The number of aromatic nitrogens is 1. The van der Waals surface area contributed by atoms with Crippen molar-refractivity contribution in [2.75, 3.05) is 13.7 Å². The maximum atomic E-state index is 5.04. The third-order valence-electron chi connectivity index (χ3n) is 3.15. The minimum absolute atomic E-state index is 0.507. The second-order valence-electron chi connectivity index (χ2n) is 4.65. The lowest BCUT2D eigenvalue weighted by molar-refractivity contribution is 0.397. The molecule has 100 valence electrons. The Kier molecular flexibility index (Phi) is 4.93. The lowest BCUT2D eigenvalue weighted by Gasteiger charge is -2.13. The zero-order valence-electron chi connectivity index (χ0n) is 11.5. The molecule has 0 radical (unpaired) electrons. The van der Waals surface area contributed by atoms with Crippen molar-refractivity contribution >= 4 is 0 Å². The molecule has 3 nitrogen and oxygen atoms in total. The van der Waals surface area contributed by atoms with Crippen molar-refractivity contribution in [3.8, 4) is 5.88 Å². The van der Waals surface area contributed by atoms with Crippen molar-refractivity contribution in [2.24, 2.45) is 0 Å². The molecule has 0 fully saturated rings. The molecule has 1 aromatic carbocycles. The Balaban J connectivity index is 1.79. The van der Waals surface area contributed by atoms with E-state index < -0.39 is 0 Å². The topological polar surface area (TPSA) is 34.1 Å². The molecule has 0 saturated heterocycles. The number of benzene rings is 1. The molecule has 2 rings (SSSR count).